The number of hydrogen-bond acceptors (Lipinski definition) is 6. The van der Waals surface area contributed by atoms with Crippen LogP contribution >= 0.6 is 0 Å². The van der Waals surface area contributed by atoms with Crippen molar-refractivity contribution in [2.24, 2.45) is 0 Å². The van der Waals surface area contributed by atoms with Crippen LogP contribution in [-0.4, -0.2) is 51.0 Å². The van der Waals surface area contributed by atoms with Crippen LogP contribution in [-0.2, 0) is 17.7 Å². The molecule has 0 bridgehead atoms. The van der Waals surface area contributed by atoms with Gasteiger partial charge < -0.3 is 4.90 Å². The minimum atomic E-state index is -4.37. The number of aromatic nitrogens is 4. The Labute approximate surface area is 163 Å². The van der Waals surface area contributed by atoms with Crippen molar-refractivity contribution in [1.29, 1.82) is 0 Å². The molecule has 154 valence electrons. The molecule has 2 aromatic heterocycles. The summed E-state index contributed by atoms with van der Waals surface area (Å²) in [6.07, 6.45) is -2.16. The zero-order chi connectivity index (χ0) is 20.4. The van der Waals surface area contributed by atoms with Crippen LogP contribution < -0.4 is 10.6 Å². The quantitative estimate of drug-likeness (QED) is 0.713. The van der Waals surface area contributed by atoms with Gasteiger partial charge in [0.15, 0.2) is 5.65 Å². The number of anilines is 1. The van der Waals surface area contributed by atoms with Crippen LogP contribution in [0.1, 0.15) is 12.0 Å². The van der Waals surface area contributed by atoms with E-state index >= 15 is 0 Å². The summed E-state index contributed by atoms with van der Waals surface area (Å²) in [4.78, 5) is 22.4. The second-order valence-corrected chi connectivity index (χ2v) is 6.70. The number of benzene rings is 1. The maximum absolute atomic E-state index is 13.0. The molecule has 0 spiro atoms. The van der Waals surface area contributed by atoms with E-state index < -0.39 is 11.7 Å². The largest absolute Gasteiger partial charge is 0.416 e. The van der Waals surface area contributed by atoms with Gasteiger partial charge in [-0.1, -0.05) is 6.07 Å². The average molecular weight is 408 g/mol. The number of halogens is 3. The molecule has 1 N–H and O–H groups in total. The summed E-state index contributed by atoms with van der Waals surface area (Å²) in [6, 6.07) is 7.01. The van der Waals surface area contributed by atoms with E-state index in [1.165, 1.54) is 22.9 Å². The molecule has 1 saturated heterocycles. The molecule has 0 radical (unpaired) electrons. The van der Waals surface area contributed by atoms with E-state index in [0.29, 0.717) is 49.5 Å². The maximum atomic E-state index is 13.0. The molecule has 0 saturated carbocycles. The Morgan fingerprint density at radius 1 is 1.14 bits per heavy atom. The van der Waals surface area contributed by atoms with Gasteiger partial charge in [-0.3, -0.25) is 14.4 Å². The first kappa shape index (κ1) is 19.4. The van der Waals surface area contributed by atoms with Gasteiger partial charge in [-0.2, -0.15) is 23.3 Å². The molecule has 0 amide bonds. The van der Waals surface area contributed by atoms with Crippen LogP contribution in [0, 0.1) is 0 Å². The van der Waals surface area contributed by atoms with Crippen molar-refractivity contribution in [3.05, 3.63) is 52.6 Å². The first-order chi connectivity index (χ1) is 13.9. The normalized spacial score (nSPS) is 16.3. The van der Waals surface area contributed by atoms with E-state index in [1.807, 2.05) is 4.90 Å². The van der Waals surface area contributed by atoms with Gasteiger partial charge in [-0.15, -0.1) is 5.10 Å². The fourth-order valence-electron chi connectivity index (χ4n) is 3.34. The standard InChI is InChI=1S/C18H19F3N6O2/c19-18(20,21)13-3-1-4-14(11-13)25-7-2-8-26(10-9-25)29-12-27-15-5-6-22-24-16(15)23-17(27)28/h1,3-6,11H,2,7-10,12H2,(H,23,24,28). The Balaban J connectivity index is 1.40. The summed E-state index contributed by atoms with van der Waals surface area (Å²) >= 11 is 0. The summed E-state index contributed by atoms with van der Waals surface area (Å²) in [5.74, 6) is 0. The van der Waals surface area contributed by atoms with Crippen LogP contribution in [0.25, 0.3) is 11.2 Å². The fraction of sp³-hybridized carbons (Fsp3) is 0.389. The van der Waals surface area contributed by atoms with Gasteiger partial charge in [0, 0.05) is 31.9 Å². The lowest BCUT2D eigenvalue weighted by Crippen LogP contribution is -2.32. The van der Waals surface area contributed by atoms with Crippen LogP contribution in [0.3, 0.4) is 0 Å². The number of alkyl halides is 3. The van der Waals surface area contributed by atoms with Gasteiger partial charge in [-0.25, -0.2) is 4.79 Å². The molecule has 1 aromatic carbocycles. The van der Waals surface area contributed by atoms with Crippen LogP contribution in [0.2, 0.25) is 0 Å². The Kier molecular flexibility index (Phi) is 5.24. The Hall–Kier alpha value is -2.92. The lowest BCUT2D eigenvalue weighted by atomic mass is 10.1. The fourth-order valence-corrected chi connectivity index (χ4v) is 3.34. The zero-order valence-corrected chi connectivity index (χ0v) is 15.4. The summed E-state index contributed by atoms with van der Waals surface area (Å²) in [6.45, 7) is 2.23. The van der Waals surface area contributed by atoms with Gasteiger partial charge in [-0.05, 0) is 30.7 Å². The first-order valence-corrected chi connectivity index (χ1v) is 9.12. The molecule has 3 aromatic rings. The van der Waals surface area contributed by atoms with Crippen LogP contribution in [0.4, 0.5) is 18.9 Å². The van der Waals surface area contributed by atoms with E-state index in [2.05, 4.69) is 15.2 Å². The van der Waals surface area contributed by atoms with Crippen LogP contribution in [0.5, 0.6) is 0 Å². The number of hydrogen-bond donors (Lipinski definition) is 1. The second kappa shape index (κ2) is 7.84. The number of imidazole rings is 1. The van der Waals surface area contributed by atoms with Crippen molar-refractivity contribution in [2.45, 2.75) is 19.3 Å². The highest BCUT2D eigenvalue weighted by atomic mass is 19.4. The predicted octanol–water partition coefficient (Wildman–Crippen LogP) is 2.24. The molecule has 8 nitrogen and oxygen atoms in total. The number of rotatable bonds is 4. The monoisotopic (exact) mass is 408 g/mol. The smallest absolute Gasteiger partial charge is 0.370 e. The lowest BCUT2D eigenvalue weighted by molar-refractivity contribution is -0.183. The third-order valence-corrected chi connectivity index (χ3v) is 4.82. The third kappa shape index (κ3) is 4.25. The number of hydroxylamine groups is 2. The Bertz CT molecular complexity index is 1050. The van der Waals surface area contributed by atoms with Crippen molar-refractivity contribution in [1.82, 2.24) is 24.8 Å². The van der Waals surface area contributed by atoms with Crippen molar-refractivity contribution in [3.63, 3.8) is 0 Å². The molecule has 29 heavy (non-hydrogen) atoms. The summed E-state index contributed by atoms with van der Waals surface area (Å²) < 4.78 is 40.3. The molecular weight excluding hydrogens is 389 g/mol. The summed E-state index contributed by atoms with van der Waals surface area (Å²) in [5, 5.41) is 9.32. The second-order valence-electron chi connectivity index (χ2n) is 6.70. The summed E-state index contributed by atoms with van der Waals surface area (Å²) in [5.41, 5.74) is 0.501. The molecule has 1 fully saturated rings. The lowest BCUT2D eigenvalue weighted by Gasteiger charge is -2.24. The van der Waals surface area contributed by atoms with Gasteiger partial charge in [0.1, 0.15) is 6.73 Å². The van der Waals surface area contributed by atoms with E-state index in [9.17, 15) is 18.0 Å². The highest BCUT2D eigenvalue weighted by Crippen LogP contribution is 2.31. The SMILES string of the molecule is O=c1[nH]c2nnccc2n1CON1CCCN(c2cccc(C(F)(F)F)c2)CC1. The molecule has 3 heterocycles. The van der Waals surface area contributed by atoms with E-state index in [0.717, 1.165) is 6.07 Å². The minimum Gasteiger partial charge on any atom is -0.370 e. The number of nitrogens with one attached hydrogen (secondary N) is 1. The van der Waals surface area contributed by atoms with E-state index in [1.54, 1.807) is 17.2 Å². The van der Waals surface area contributed by atoms with Crippen molar-refractivity contribution < 1.29 is 18.0 Å². The van der Waals surface area contributed by atoms with Gasteiger partial charge in [0.25, 0.3) is 0 Å². The van der Waals surface area contributed by atoms with E-state index in [-0.39, 0.29) is 12.4 Å². The Morgan fingerprint density at radius 3 is 2.83 bits per heavy atom. The number of fused-ring (bicyclic) bond motifs is 1. The number of nitrogens with zero attached hydrogens (tertiary/aromatic N) is 5. The predicted molar refractivity (Wildman–Crippen MR) is 99.1 cm³/mol. The summed E-state index contributed by atoms with van der Waals surface area (Å²) in [7, 11) is 0. The molecule has 1 aliphatic heterocycles. The third-order valence-electron chi connectivity index (χ3n) is 4.82. The van der Waals surface area contributed by atoms with Crippen molar-refractivity contribution >= 4 is 16.9 Å². The maximum Gasteiger partial charge on any atom is 0.416 e. The van der Waals surface area contributed by atoms with Gasteiger partial charge in [0.05, 0.1) is 17.3 Å². The number of H-pyrrole nitrogens is 1. The zero-order valence-electron chi connectivity index (χ0n) is 15.4. The Morgan fingerprint density at radius 2 is 2.00 bits per heavy atom. The van der Waals surface area contributed by atoms with Gasteiger partial charge in [0.2, 0.25) is 0 Å². The van der Waals surface area contributed by atoms with Crippen molar-refractivity contribution in [3.8, 4) is 0 Å². The highest BCUT2D eigenvalue weighted by molar-refractivity contribution is 5.69. The van der Waals surface area contributed by atoms with Crippen molar-refractivity contribution in [2.75, 3.05) is 31.1 Å². The topological polar surface area (TPSA) is 79.3 Å². The molecule has 0 atom stereocenters. The van der Waals surface area contributed by atoms with E-state index in [4.69, 9.17) is 4.84 Å². The highest BCUT2D eigenvalue weighted by Gasteiger charge is 2.31. The molecule has 0 aliphatic carbocycles. The first-order valence-electron chi connectivity index (χ1n) is 9.12. The molecule has 4 rings (SSSR count). The van der Waals surface area contributed by atoms with Crippen LogP contribution in [0.15, 0.2) is 41.3 Å². The number of aromatic amines is 1. The molecular formula is C18H19F3N6O2. The average Bonchev–Trinajstić information content (AvgIpc) is 2.86. The minimum absolute atomic E-state index is 0.00802. The molecule has 0 unspecified atom stereocenters. The molecule has 11 heteroatoms. The van der Waals surface area contributed by atoms with Gasteiger partial charge >= 0.3 is 11.9 Å². The molecule has 1 aliphatic rings.